The van der Waals surface area contributed by atoms with Crippen LogP contribution >= 0.6 is 0 Å². The maximum absolute atomic E-state index is 6.18. The molecule has 0 N–H and O–H groups in total. The third kappa shape index (κ3) is 3.46. The van der Waals surface area contributed by atoms with E-state index in [1.807, 2.05) is 6.07 Å². The summed E-state index contributed by atoms with van der Waals surface area (Å²) in [6.45, 7) is 10.5. The molecule has 5 heteroatoms. The summed E-state index contributed by atoms with van der Waals surface area (Å²) >= 11 is 0. The Bertz CT molecular complexity index is 1240. The molecule has 1 saturated heterocycles. The lowest BCUT2D eigenvalue weighted by molar-refractivity contribution is 0.00578. The summed E-state index contributed by atoms with van der Waals surface area (Å²) in [6.07, 6.45) is 0.886. The van der Waals surface area contributed by atoms with E-state index in [9.17, 15) is 0 Å². The third-order valence-electron chi connectivity index (χ3n) is 6.84. The van der Waals surface area contributed by atoms with Crippen LogP contribution in [0.2, 0.25) is 0 Å². The zero-order chi connectivity index (χ0) is 22.5. The second-order valence-corrected chi connectivity index (χ2v) is 9.46. The molecule has 3 aromatic carbocycles. The molecule has 4 aromatic rings. The Kier molecular flexibility index (Phi) is 4.99. The van der Waals surface area contributed by atoms with Gasteiger partial charge in [-0.2, -0.15) is 0 Å². The average molecular weight is 424 g/mol. The van der Waals surface area contributed by atoms with Crippen molar-refractivity contribution in [1.29, 1.82) is 0 Å². The van der Waals surface area contributed by atoms with Gasteiger partial charge in [0, 0.05) is 12.1 Å². The SMILES string of the molecule is CCc1nc2ccccc2n1-c1ccc(-c2ccc(B3OC(C)(C)C(C)(C)O3)cc2)cc1. The molecular formula is C27H29BN2O2. The summed E-state index contributed by atoms with van der Waals surface area (Å²) in [6, 6.07) is 25.5. The third-order valence-corrected chi connectivity index (χ3v) is 6.84. The van der Waals surface area contributed by atoms with Crippen molar-refractivity contribution in [1.82, 2.24) is 9.55 Å². The number of hydrogen-bond donors (Lipinski definition) is 0. The molecule has 0 unspecified atom stereocenters. The van der Waals surface area contributed by atoms with Crippen LogP contribution in [0.5, 0.6) is 0 Å². The van der Waals surface area contributed by atoms with Crippen LogP contribution in [0.15, 0.2) is 72.8 Å². The van der Waals surface area contributed by atoms with E-state index in [0.717, 1.165) is 34.4 Å². The number of aryl methyl sites for hydroxylation is 1. The fourth-order valence-corrected chi connectivity index (χ4v) is 4.22. The molecule has 5 rings (SSSR count). The van der Waals surface area contributed by atoms with Crippen molar-refractivity contribution in [2.24, 2.45) is 0 Å². The number of rotatable bonds is 4. The van der Waals surface area contributed by atoms with Gasteiger partial charge in [-0.3, -0.25) is 4.57 Å². The van der Waals surface area contributed by atoms with Crippen LogP contribution in [0.3, 0.4) is 0 Å². The van der Waals surface area contributed by atoms with Gasteiger partial charge in [0.25, 0.3) is 0 Å². The molecule has 0 radical (unpaired) electrons. The van der Waals surface area contributed by atoms with Gasteiger partial charge in [-0.15, -0.1) is 0 Å². The van der Waals surface area contributed by atoms with Crippen molar-refractivity contribution in [2.45, 2.75) is 52.2 Å². The first-order valence-electron chi connectivity index (χ1n) is 11.3. The molecule has 0 spiro atoms. The van der Waals surface area contributed by atoms with Gasteiger partial charge in [-0.25, -0.2) is 4.98 Å². The fraction of sp³-hybridized carbons (Fsp3) is 0.296. The molecule has 2 heterocycles. The van der Waals surface area contributed by atoms with Crippen molar-refractivity contribution in [2.75, 3.05) is 0 Å². The van der Waals surface area contributed by atoms with Crippen molar-refractivity contribution >= 4 is 23.6 Å². The Balaban J connectivity index is 1.41. The smallest absolute Gasteiger partial charge is 0.399 e. The second-order valence-electron chi connectivity index (χ2n) is 9.46. The molecule has 1 aliphatic rings. The predicted molar refractivity (Wildman–Crippen MR) is 132 cm³/mol. The van der Waals surface area contributed by atoms with Crippen LogP contribution in [-0.2, 0) is 15.7 Å². The van der Waals surface area contributed by atoms with E-state index in [1.54, 1.807) is 0 Å². The Labute approximate surface area is 190 Å². The van der Waals surface area contributed by atoms with Crippen molar-refractivity contribution in [3.8, 4) is 16.8 Å². The molecule has 1 fully saturated rings. The van der Waals surface area contributed by atoms with Crippen LogP contribution in [-0.4, -0.2) is 27.9 Å². The van der Waals surface area contributed by atoms with Crippen molar-refractivity contribution in [3.63, 3.8) is 0 Å². The Morgan fingerprint density at radius 2 is 1.34 bits per heavy atom. The second kappa shape index (κ2) is 7.61. The highest BCUT2D eigenvalue weighted by molar-refractivity contribution is 6.62. The van der Waals surface area contributed by atoms with Crippen LogP contribution in [0.25, 0.3) is 27.8 Å². The summed E-state index contributed by atoms with van der Waals surface area (Å²) in [5, 5.41) is 0. The molecule has 4 nitrogen and oxygen atoms in total. The Morgan fingerprint density at radius 1 is 0.781 bits per heavy atom. The number of hydrogen-bond acceptors (Lipinski definition) is 3. The van der Waals surface area contributed by atoms with Crippen LogP contribution in [0, 0.1) is 0 Å². The van der Waals surface area contributed by atoms with E-state index in [1.165, 1.54) is 11.1 Å². The highest BCUT2D eigenvalue weighted by atomic mass is 16.7. The van der Waals surface area contributed by atoms with E-state index < -0.39 is 0 Å². The van der Waals surface area contributed by atoms with E-state index in [-0.39, 0.29) is 18.3 Å². The van der Waals surface area contributed by atoms with Gasteiger partial charge in [0.2, 0.25) is 0 Å². The number of para-hydroxylation sites is 2. The monoisotopic (exact) mass is 424 g/mol. The zero-order valence-corrected chi connectivity index (χ0v) is 19.4. The molecule has 162 valence electrons. The molecule has 32 heavy (non-hydrogen) atoms. The minimum Gasteiger partial charge on any atom is -0.399 e. The molecule has 1 aliphatic heterocycles. The lowest BCUT2D eigenvalue weighted by Gasteiger charge is -2.32. The zero-order valence-electron chi connectivity index (χ0n) is 19.4. The van der Waals surface area contributed by atoms with Crippen molar-refractivity contribution < 1.29 is 9.31 Å². The molecular weight excluding hydrogens is 395 g/mol. The summed E-state index contributed by atoms with van der Waals surface area (Å²) in [4.78, 5) is 4.80. The number of benzene rings is 3. The summed E-state index contributed by atoms with van der Waals surface area (Å²) in [7, 11) is -0.335. The summed E-state index contributed by atoms with van der Waals surface area (Å²) < 4.78 is 14.6. The van der Waals surface area contributed by atoms with Gasteiger partial charge in [-0.05, 0) is 68.6 Å². The summed E-state index contributed by atoms with van der Waals surface area (Å²) in [5.74, 6) is 1.07. The first-order valence-corrected chi connectivity index (χ1v) is 11.3. The highest BCUT2D eigenvalue weighted by Crippen LogP contribution is 2.36. The van der Waals surface area contributed by atoms with E-state index >= 15 is 0 Å². The van der Waals surface area contributed by atoms with Gasteiger partial charge < -0.3 is 9.31 Å². The minimum atomic E-state index is -0.335. The van der Waals surface area contributed by atoms with Gasteiger partial charge in [0.05, 0.1) is 22.2 Å². The average Bonchev–Trinajstić information content (AvgIpc) is 3.27. The highest BCUT2D eigenvalue weighted by Gasteiger charge is 2.51. The lowest BCUT2D eigenvalue weighted by Crippen LogP contribution is -2.41. The molecule has 0 bridgehead atoms. The number of fused-ring (bicyclic) bond motifs is 1. The lowest BCUT2D eigenvalue weighted by atomic mass is 9.78. The van der Waals surface area contributed by atoms with Gasteiger partial charge >= 0.3 is 7.12 Å². The number of imidazole rings is 1. The van der Waals surface area contributed by atoms with E-state index in [0.29, 0.717) is 0 Å². The van der Waals surface area contributed by atoms with Crippen LogP contribution < -0.4 is 5.46 Å². The van der Waals surface area contributed by atoms with E-state index in [2.05, 4.69) is 106 Å². The summed E-state index contributed by atoms with van der Waals surface area (Å²) in [5.41, 5.74) is 6.03. The maximum Gasteiger partial charge on any atom is 0.494 e. The standard InChI is InChI=1S/C27H29BN2O2/c1-6-25-29-23-9-7-8-10-24(23)30(25)22-17-13-20(14-18-22)19-11-15-21(16-12-19)28-31-26(2,3)27(4,5)32-28/h7-18H,6H2,1-5H3. The normalized spacial score (nSPS) is 17.2. The maximum atomic E-state index is 6.18. The number of nitrogens with zero attached hydrogens (tertiary/aromatic N) is 2. The minimum absolute atomic E-state index is 0.332. The van der Waals surface area contributed by atoms with Gasteiger partial charge in [0.15, 0.2) is 0 Å². The largest absolute Gasteiger partial charge is 0.494 e. The van der Waals surface area contributed by atoms with E-state index in [4.69, 9.17) is 14.3 Å². The van der Waals surface area contributed by atoms with Crippen molar-refractivity contribution in [3.05, 3.63) is 78.6 Å². The first-order chi connectivity index (χ1) is 15.3. The number of aromatic nitrogens is 2. The molecule has 1 aromatic heterocycles. The Morgan fingerprint density at radius 3 is 1.94 bits per heavy atom. The fourth-order valence-electron chi connectivity index (χ4n) is 4.22. The Hall–Kier alpha value is -2.89. The van der Waals surface area contributed by atoms with Crippen LogP contribution in [0.4, 0.5) is 0 Å². The first kappa shape index (κ1) is 21.0. The van der Waals surface area contributed by atoms with Gasteiger partial charge in [-0.1, -0.05) is 55.5 Å². The van der Waals surface area contributed by atoms with Crippen LogP contribution in [0.1, 0.15) is 40.4 Å². The topological polar surface area (TPSA) is 36.3 Å². The molecule has 0 saturated carbocycles. The van der Waals surface area contributed by atoms with Gasteiger partial charge in [0.1, 0.15) is 5.82 Å². The predicted octanol–water partition coefficient (Wildman–Crippen LogP) is 5.55. The quantitative estimate of drug-likeness (QED) is 0.403. The molecule has 0 amide bonds. The molecule has 0 aliphatic carbocycles. The molecule has 0 atom stereocenters.